The molecule has 1 aromatic heterocycles. The molecule has 3 aromatic rings. The molecule has 0 radical (unpaired) electrons. The van der Waals surface area contributed by atoms with Crippen molar-refractivity contribution in [2.45, 2.75) is 31.9 Å². The Balaban J connectivity index is 1.61. The number of aliphatic hydroxyl groups is 1. The van der Waals surface area contributed by atoms with E-state index in [1.165, 1.54) is 11.1 Å². The molecule has 1 heterocycles. The van der Waals surface area contributed by atoms with E-state index in [1.54, 1.807) is 21.3 Å². The quantitative estimate of drug-likeness (QED) is 0.546. The van der Waals surface area contributed by atoms with Crippen LogP contribution in [0.1, 0.15) is 29.2 Å². The van der Waals surface area contributed by atoms with Gasteiger partial charge in [-0.05, 0) is 66.1 Å². The first-order valence-electron chi connectivity index (χ1n) is 10.8. The average Bonchev–Trinajstić information content (AvgIpc) is 3.46. The van der Waals surface area contributed by atoms with Gasteiger partial charge in [-0.3, -0.25) is 0 Å². The molecule has 164 valence electrons. The van der Waals surface area contributed by atoms with Crippen LogP contribution in [0.5, 0.6) is 17.2 Å². The van der Waals surface area contributed by atoms with Crippen molar-refractivity contribution in [3.05, 3.63) is 77.6 Å². The van der Waals surface area contributed by atoms with Crippen molar-refractivity contribution in [3.63, 3.8) is 0 Å². The minimum atomic E-state index is -0.653. The molecule has 0 spiro atoms. The molecule has 2 atom stereocenters. The molecule has 0 saturated heterocycles. The SMILES string of the molecule is COc1cc([C@@H](O)[C@@H](CC2Cc3ccccc3C2)Cn2cccc2)cc(OC)c1OC. The standard InChI is InChI=1S/C26H31NO4/c1-29-23-15-21(16-24(30-2)26(23)31-3)25(28)22(17-27-10-6-7-11-27)14-18-12-19-8-4-5-9-20(19)13-18/h4-11,15-16,18,22,25,28H,12-14,17H2,1-3H3/t22-,25+/m0/s1. The zero-order valence-electron chi connectivity index (χ0n) is 18.5. The Kier molecular flexibility index (Phi) is 6.52. The minimum absolute atomic E-state index is 0.0505. The van der Waals surface area contributed by atoms with E-state index in [0.29, 0.717) is 23.2 Å². The Hall–Kier alpha value is -2.92. The first kappa shape index (κ1) is 21.3. The van der Waals surface area contributed by atoms with Gasteiger partial charge < -0.3 is 23.9 Å². The van der Waals surface area contributed by atoms with Crippen LogP contribution in [0.15, 0.2) is 60.9 Å². The molecule has 0 amide bonds. The number of hydrogen-bond acceptors (Lipinski definition) is 4. The maximum atomic E-state index is 11.5. The van der Waals surface area contributed by atoms with E-state index in [2.05, 4.69) is 41.2 Å². The van der Waals surface area contributed by atoms with Gasteiger partial charge in [0.1, 0.15) is 0 Å². The topological polar surface area (TPSA) is 52.9 Å². The third kappa shape index (κ3) is 4.57. The molecule has 4 rings (SSSR count). The molecule has 5 heteroatoms. The van der Waals surface area contributed by atoms with E-state index >= 15 is 0 Å². The molecule has 0 bridgehead atoms. The predicted octanol–water partition coefficient (Wildman–Crippen LogP) is 4.67. The van der Waals surface area contributed by atoms with Crippen molar-refractivity contribution >= 4 is 0 Å². The van der Waals surface area contributed by atoms with Gasteiger partial charge in [0.2, 0.25) is 5.75 Å². The summed E-state index contributed by atoms with van der Waals surface area (Å²) in [5.74, 6) is 2.23. The normalized spacial score (nSPS) is 15.4. The highest BCUT2D eigenvalue weighted by Crippen LogP contribution is 2.42. The summed E-state index contributed by atoms with van der Waals surface area (Å²) in [6.45, 7) is 0.748. The molecule has 1 aliphatic carbocycles. The van der Waals surface area contributed by atoms with Crippen LogP contribution in [0.2, 0.25) is 0 Å². The lowest BCUT2D eigenvalue weighted by molar-refractivity contribution is 0.0815. The molecule has 1 N–H and O–H groups in total. The van der Waals surface area contributed by atoms with Crippen molar-refractivity contribution in [2.75, 3.05) is 21.3 Å². The van der Waals surface area contributed by atoms with E-state index in [1.807, 2.05) is 24.3 Å². The second kappa shape index (κ2) is 9.48. The summed E-state index contributed by atoms with van der Waals surface area (Å²) in [5.41, 5.74) is 3.66. The highest BCUT2D eigenvalue weighted by atomic mass is 16.5. The van der Waals surface area contributed by atoms with Crippen molar-refractivity contribution < 1.29 is 19.3 Å². The van der Waals surface area contributed by atoms with Gasteiger partial charge in [0.05, 0.1) is 27.4 Å². The smallest absolute Gasteiger partial charge is 0.203 e. The maximum Gasteiger partial charge on any atom is 0.203 e. The predicted molar refractivity (Wildman–Crippen MR) is 121 cm³/mol. The number of aliphatic hydroxyl groups excluding tert-OH is 1. The fourth-order valence-corrected chi connectivity index (χ4v) is 4.86. The highest BCUT2D eigenvalue weighted by Gasteiger charge is 2.30. The number of rotatable bonds is 9. The van der Waals surface area contributed by atoms with Gasteiger partial charge in [-0.25, -0.2) is 0 Å². The summed E-state index contributed by atoms with van der Waals surface area (Å²) in [6.07, 6.45) is 6.53. The van der Waals surface area contributed by atoms with Crippen LogP contribution in [0.3, 0.4) is 0 Å². The molecular weight excluding hydrogens is 390 g/mol. The molecule has 0 unspecified atom stereocenters. The zero-order chi connectivity index (χ0) is 21.8. The van der Waals surface area contributed by atoms with Crippen LogP contribution >= 0.6 is 0 Å². The Bertz CT molecular complexity index is 948. The molecule has 31 heavy (non-hydrogen) atoms. The van der Waals surface area contributed by atoms with Crippen LogP contribution in [-0.4, -0.2) is 31.0 Å². The first-order valence-corrected chi connectivity index (χ1v) is 10.8. The largest absolute Gasteiger partial charge is 0.493 e. The van der Waals surface area contributed by atoms with Crippen molar-refractivity contribution in [3.8, 4) is 17.2 Å². The fraction of sp³-hybridized carbons (Fsp3) is 0.385. The van der Waals surface area contributed by atoms with Crippen molar-refractivity contribution in [2.24, 2.45) is 11.8 Å². The first-order chi connectivity index (χ1) is 15.1. The Labute approximate surface area is 184 Å². The monoisotopic (exact) mass is 421 g/mol. The van der Waals surface area contributed by atoms with E-state index in [-0.39, 0.29) is 5.92 Å². The Morgan fingerprint density at radius 3 is 2.00 bits per heavy atom. The molecule has 0 saturated carbocycles. The van der Waals surface area contributed by atoms with Crippen LogP contribution in [0.25, 0.3) is 0 Å². The van der Waals surface area contributed by atoms with E-state index in [9.17, 15) is 5.11 Å². The van der Waals surface area contributed by atoms with Crippen LogP contribution < -0.4 is 14.2 Å². The second-order valence-corrected chi connectivity index (χ2v) is 8.32. The molecule has 2 aromatic carbocycles. The van der Waals surface area contributed by atoms with Crippen LogP contribution in [0.4, 0.5) is 0 Å². The lowest BCUT2D eigenvalue weighted by Gasteiger charge is -2.27. The number of nitrogens with zero attached hydrogens (tertiary/aromatic N) is 1. The van der Waals surface area contributed by atoms with Gasteiger partial charge in [-0.1, -0.05) is 24.3 Å². The Morgan fingerprint density at radius 2 is 1.48 bits per heavy atom. The lowest BCUT2D eigenvalue weighted by atomic mass is 9.85. The summed E-state index contributed by atoms with van der Waals surface area (Å²) in [7, 11) is 4.78. The van der Waals surface area contributed by atoms with Crippen LogP contribution in [-0.2, 0) is 19.4 Å². The average molecular weight is 422 g/mol. The highest BCUT2D eigenvalue weighted by molar-refractivity contribution is 5.54. The van der Waals surface area contributed by atoms with Crippen molar-refractivity contribution in [1.82, 2.24) is 4.57 Å². The third-order valence-electron chi connectivity index (χ3n) is 6.36. The third-order valence-corrected chi connectivity index (χ3v) is 6.36. The molecule has 5 nitrogen and oxygen atoms in total. The minimum Gasteiger partial charge on any atom is -0.493 e. The van der Waals surface area contributed by atoms with Gasteiger partial charge >= 0.3 is 0 Å². The fourth-order valence-electron chi connectivity index (χ4n) is 4.86. The molecular formula is C26H31NO4. The van der Waals surface area contributed by atoms with Gasteiger partial charge in [0.15, 0.2) is 11.5 Å². The van der Waals surface area contributed by atoms with E-state index < -0.39 is 6.10 Å². The summed E-state index contributed by atoms with van der Waals surface area (Å²) < 4.78 is 18.6. The summed E-state index contributed by atoms with van der Waals surface area (Å²) in [5, 5.41) is 11.5. The van der Waals surface area contributed by atoms with Gasteiger partial charge in [0.25, 0.3) is 0 Å². The lowest BCUT2D eigenvalue weighted by Crippen LogP contribution is -2.22. The number of fused-ring (bicyclic) bond motifs is 1. The van der Waals surface area contributed by atoms with Crippen molar-refractivity contribution in [1.29, 1.82) is 0 Å². The summed E-state index contributed by atoms with van der Waals surface area (Å²) in [6, 6.07) is 16.4. The number of aromatic nitrogens is 1. The van der Waals surface area contributed by atoms with Gasteiger partial charge in [0, 0.05) is 24.9 Å². The number of ether oxygens (including phenoxy) is 3. The maximum absolute atomic E-state index is 11.5. The number of methoxy groups -OCH3 is 3. The second-order valence-electron chi connectivity index (χ2n) is 8.32. The zero-order valence-corrected chi connectivity index (χ0v) is 18.5. The van der Waals surface area contributed by atoms with Gasteiger partial charge in [-0.15, -0.1) is 0 Å². The van der Waals surface area contributed by atoms with E-state index in [4.69, 9.17) is 14.2 Å². The molecule has 0 aliphatic heterocycles. The summed E-state index contributed by atoms with van der Waals surface area (Å²) in [4.78, 5) is 0. The summed E-state index contributed by atoms with van der Waals surface area (Å²) >= 11 is 0. The Morgan fingerprint density at radius 1 is 0.903 bits per heavy atom. The number of hydrogen-bond donors (Lipinski definition) is 1. The molecule has 0 fully saturated rings. The van der Waals surface area contributed by atoms with Gasteiger partial charge in [-0.2, -0.15) is 0 Å². The van der Waals surface area contributed by atoms with E-state index in [0.717, 1.165) is 31.4 Å². The number of benzene rings is 2. The van der Waals surface area contributed by atoms with Crippen LogP contribution in [0, 0.1) is 11.8 Å². The molecule has 1 aliphatic rings.